The van der Waals surface area contributed by atoms with Crippen molar-refractivity contribution in [3.63, 3.8) is 0 Å². The third-order valence-corrected chi connectivity index (χ3v) is 7.16. The summed E-state index contributed by atoms with van der Waals surface area (Å²) in [6, 6.07) is 11.4. The number of piperazine rings is 1. The van der Waals surface area contributed by atoms with Crippen molar-refractivity contribution in [2.24, 2.45) is 11.7 Å². The van der Waals surface area contributed by atoms with Crippen molar-refractivity contribution in [3.8, 4) is 0 Å². The van der Waals surface area contributed by atoms with Crippen molar-refractivity contribution in [1.29, 1.82) is 0 Å². The molecule has 9 heteroatoms. The van der Waals surface area contributed by atoms with Crippen molar-refractivity contribution in [1.82, 2.24) is 19.8 Å². The van der Waals surface area contributed by atoms with E-state index in [1.165, 1.54) is 0 Å². The summed E-state index contributed by atoms with van der Waals surface area (Å²) in [5.74, 6) is 1.09. The van der Waals surface area contributed by atoms with Crippen molar-refractivity contribution in [3.05, 3.63) is 52.5 Å². The van der Waals surface area contributed by atoms with Gasteiger partial charge in [-0.3, -0.25) is 14.5 Å². The first kappa shape index (κ1) is 24.1. The Morgan fingerprint density at radius 2 is 1.97 bits per heavy atom. The molecule has 0 radical (unpaired) electrons. The number of nitrogens with one attached hydrogen (secondary N) is 1. The van der Waals surface area contributed by atoms with Gasteiger partial charge in [0.2, 0.25) is 11.8 Å². The molecule has 0 saturated carbocycles. The average molecular weight is 481 g/mol. The maximum absolute atomic E-state index is 12.7. The van der Waals surface area contributed by atoms with Gasteiger partial charge in [0.05, 0.1) is 18.5 Å². The summed E-state index contributed by atoms with van der Waals surface area (Å²) in [7, 11) is 0. The van der Waals surface area contributed by atoms with Gasteiger partial charge >= 0.3 is 0 Å². The lowest BCUT2D eigenvalue weighted by atomic mass is 10.0. The fraction of sp³-hybridized carbons (Fsp3) is 0.440. The summed E-state index contributed by atoms with van der Waals surface area (Å²) < 4.78 is 0. The zero-order chi connectivity index (χ0) is 24.2. The molecule has 34 heavy (non-hydrogen) atoms. The predicted molar refractivity (Wildman–Crippen MR) is 135 cm³/mol. The Morgan fingerprint density at radius 3 is 2.65 bits per heavy atom. The van der Waals surface area contributed by atoms with E-state index in [0.29, 0.717) is 37.7 Å². The zero-order valence-corrected chi connectivity index (χ0v) is 20.7. The van der Waals surface area contributed by atoms with Gasteiger partial charge in [0.25, 0.3) is 0 Å². The maximum atomic E-state index is 12.7. The topological polar surface area (TPSA) is 104 Å². The van der Waals surface area contributed by atoms with Gasteiger partial charge in [-0.15, -0.1) is 11.3 Å². The molecule has 1 fully saturated rings. The van der Waals surface area contributed by atoms with Crippen LogP contribution in [0.25, 0.3) is 10.9 Å². The number of nitrogens with zero attached hydrogens (tertiary/aromatic N) is 4. The molecule has 2 amide bonds. The number of nitrogens with two attached hydrogens (primary N) is 1. The quantitative estimate of drug-likeness (QED) is 0.514. The van der Waals surface area contributed by atoms with Gasteiger partial charge in [-0.1, -0.05) is 32.0 Å². The lowest BCUT2D eigenvalue weighted by molar-refractivity contribution is -0.133. The number of fused-ring (bicyclic) bond motifs is 1. The third-order valence-electron chi connectivity index (χ3n) is 6.28. The molecule has 1 aromatic carbocycles. The molecule has 180 valence electrons. The molecular formula is C25H32N6O2S. The second-order valence-electron chi connectivity index (χ2n) is 9.19. The van der Waals surface area contributed by atoms with Crippen molar-refractivity contribution < 1.29 is 9.59 Å². The summed E-state index contributed by atoms with van der Waals surface area (Å²) >= 11 is 1.62. The number of hydrogen-bond donors (Lipinski definition) is 2. The number of carbonyl (C=O) groups excluding carboxylic acids is 2. The molecule has 2 atom stereocenters. The summed E-state index contributed by atoms with van der Waals surface area (Å²) in [5.41, 5.74) is 6.45. The van der Waals surface area contributed by atoms with Gasteiger partial charge < -0.3 is 16.0 Å². The highest BCUT2D eigenvalue weighted by Crippen LogP contribution is 2.24. The highest BCUT2D eigenvalue weighted by molar-refractivity contribution is 7.10. The molecule has 1 aliphatic rings. The van der Waals surface area contributed by atoms with Gasteiger partial charge in [-0.25, -0.2) is 9.97 Å². The van der Waals surface area contributed by atoms with E-state index in [0.717, 1.165) is 22.3 Å². The van der Waals surface area contributed by atoms with Gasteiger partial charge in [0.1, 0.15) is 17.7 Å². The fourth-order valence-corrected chi connectivity index (χ4v) is 5.03. The number of primary amides is 1. The lowest BCUT2D eigenvalue weighted by Gasteiger charge is -2.39. The summed E-state index contributed by atoms with van der Waals surface area (Å²) in [6.45, 7) is 8.72. The number of rotatable bonds is 8. The van der Waals surface area contributed by atoms with Gasteiger partial charge in [-0.2, -0.15) is 0 Å². The Balaban J connectivity index is 1.48. The van der Waals surface area contributed by atoms with Crippen LogP contribution in [0.15, 0.2) is 41.8 Å². The van der Waals surface area contributed by atoms with Crippen LogP contribution in [-0.4, -0.2) is 63.3 Å². The van der Waals surface area contributed by atoms with Crippen LogP contribution in [-0.2, 0) is 22.6 Å². The van der Waals surface area contributed by atoms with E-state index in [9.17, 15) is 9.59 Å². The minimum Gasteiger partial charge on any atom is -0.368 e. The minimum atomic E-state index is -0.525. The molecule has 8 nitrogen and oxygen atoms in total. The van der Waals surface area contributed by atoms with Crippen molar-refractivity contribution >= 4 is 39.9 Å². The fourth-order valence-electron chi connectivity index (χ4n) is 4.33. The van der Waals surface area contributed by atoms with E-state index in [1.54, 1.807) is 11.3 Å². The van der Waals surface area contributed by atoms with Gasteiger partial charge in [0, 0.05) is 35.9 Å². The van der Waals surface area contributed by atoms with Crippen LogP contribution in [0.5, 0.6) is 0 Å². The second kappa shape index (κ2) is 10.5. The number of carbonyl (C=O) groups is 2. The molecule has 0 spiro atoms. The number of benzene rings is 1. The first-order valence-electron chi connectivity index (χ1n) is 11.7. The average Bonchev–Trinajstić information content (AvgIpc) is 3.31. The molecule has 1 saturated heterocycles. The number of amides is 2. The molecular weight excluding hydrogens is 448 g/mol. The maximum Gasteiger partial charge on any atom is 0.240 e. The Hall–Kier alpha value is -3.04. The first-order chi connectivity index (χ1) is 16.3. The SMILES string of the molecule is CC(C)[C@H](Nc1nc(CN2CCN(C(=O)Cc3cccs3)C[C@@H]2C)nc2ccccc12)C(N)=O. The molecule has 0 bridgehead atoms. The van der Waals surface area contributed by atoms with Crippen LogP contribution in [0.3, 0.4) is 0 Å². The van der Waals surface area contributed by atoms with Crippen molar-refractivity contribution in [2.75, 3.05) is 25.0 Å². The smallest absolute Gasteiger partial charge is 0.240 e. The largest absolute Gasteiger partial charge is 0.368 e. The number of aromatic nitrogens is 2. The number of hydrogen-bond acceptors (Lipinski definition) is 7. The van der Waals surface area contributed by atoms with Gasteiger partial charge in [0.15, 0.2) is 0 Å². The van der Waals surface area contributed by atoms with E-state index in [1.807, 2.05) is 60.5 Å². The molecule has 0 aliphatic carbocycles. The molecule has 3 N–H and O–H groups in total. The zero-order valence-electron chi connectivity index (χ0n) is 19.9. The van der Waals surface area contributed by atoms with Gasteiger partial charge in [-0.05, 0) is 36.4 Å². The Kier molecular flexibility index (Phi) is 7.43. The minimum absolute atomic E-state index is 0.0227. The van der Waals surface area contributed by atoms with Crippen LogP contribution in [0.4, 0.5) is 5.82 Å². The summed E-state index contributed by atoms with van der Waals surface area (Å²) in [6.07, 6.45) is 0.462. The Bertz CT molecular complexity index is 1150. The highest BCUT2D eigenvalue weighted by atomic mass is 32.1. The van der Waals surface area contributed by atoms with E-state index in [4.69, 9.17) is 15.7 Å². The normalized spacial score (nSPS) is 17.8. The molecule has 3 aromatic rings. The molecule has 2 aromatic heterocycles. The standard InChI is InChI=1S/C25H32N6O2S/c1-16(2)23(24(26)33)29-25-19-8-4-5-9-20(19)27-21(28-25)15-30-10-11-31(14-17(30)3)22(32)13-18-7-6-12-34-18/h4-9,12,16-17,23H,10-11,13-15H2,1-3H3,(H2,26,33)(H,27,28,29)/t17-,23-/m0/s1. The van der Waals surface area contributed by atoms with Crippen LogP contribution < -0.4 is 11.1 Å². The van der Waals surface area contributed by atoms with Crippen molar-refractivity contribution in [2.45, 2.75) is 45.8 Å². The second-order valence-corrected chi connectivity index (χ2v) is 10.2. The summed E-state index contributed by atoms with van der Waals surface area (Å²) in [5, 5.41) is 6.12. The van der Waals surface area contributed by atoms with Crippen LogP contribution in [0.1, 0.15) is 31.5 Å². The molecule has 4 rings (SSSR count). The first-order valence-corrected chi connectivity index (χ1v) is 12.6. The van der Waals surface area contributed by atoms with E-state index >= 15 is 0 Å². The number of thiophene rings is 1. The molecule has 0 unspecified atom stereocenters. The van der Waals surface area contributed by atoms with E-state index in [2.05, 4.69) is 17.1 Å². The third kappa shape index (κ3) is 5.53. The summed E-state index contributed by atoms with van der Waals surface area (Å²) in [4.78, 5) is 39.6. The Labute approximate surface area is 204 Å². The monoisotopic (exact) mass is 480 g/mol. The highest BCUT2D eigenvalue weighted by Gasteiger charge is 2.28. The van der Waals surface area contributed by atoms with Crippen LogP contribution in [0.2, 0.25) is 0 Å². The number of anilines is 1. The predicted octanol–water partition coefficient (Wildman–Crippen LogP) is 2.89. The van der Waals surface area contributed by atoms with E-state index in [-0.39, 0.29) is 17.9 Å². The lowest BCUT2D eigenvalue weighted by Crippen LogP contribution is -2.53. The number of para-hydroxylation sites is 1. The Morgan fingerprint density at radius 1 is 1.18 bits per heavy atom. The van der Waals surface area contributed by atoms with Crippen LogP contribution >= 0.6 is 11.3 Å². The molecule has 1 aliphatic heterocycles. The van der Waals surface area contributed by atoms with Crippen LogP contribution in [0, 0.1) is 5.92 Å². The molecule has 3 heterocycles. The van der Waals surface area contributed by atoms with E-state index < -0.39 is 11.9 Å².